The first-order chi connectivity index (χ1) is 14.9. The van der Waals surface area contributed by atoms with E-state index in [1.54, 1.807) is 12.0 Å². The van der Waals surface area contributed by atoms with E-state index < -0.39 is 5.66 Å². The van der Waals surface area contributed by atoms with Gasteiger partial charge in [-0.25, -0.2) is 0 Å². The Hall–Kier alpha value is -3.35. The zero-order chi connectivity index (χ0) is 22.0. The molecule has 0 saturated carbocycles. The summed E-state index contributed by atoms with van der Waals surface area (Å²) in [4.78, 5) is 36.3. The number of rotatable bonds is 5. The number of piperazine rings is 1. The molecule has 31 heavy (non-hydrogen) atoms. The Bertz CT molecular complexity index is 978. The topological polar surface area (TPSA) is 65.5 Å². The minimum atomic E-state index is -0.747. The fraction of sp³-hybridized carbons (Fsp3) is 0.375. The van der Waals surface area contributed by atoms with E-state index in [0.717, 1.165) is 30.1 Å². The minimum Gasteiger partial charge on any atom is -0.497 e. The third-order valence-corrected chi connectivity index (χ3v) is 5.90. The van der Waals surface area contributed by atoms with Gasteiger partial charge in [-0.2, -0.15) is 0 Å². The first kappa shape index (κ1) is 20.9. The summed E-state index contributed by atoms with van der Waals surface area (Å²) >= 11 is 0. The van der Waals surface area contributed by atoms with Crippen molar-refractivity contribution in [3.63, 3.8) is 0 Å². The van der Waals surface area contributed by atoms with Crippen molar-refractivity contribution >= 4 is 23.2 Å². The van der Waals surface area contributed by atoms with Gasteiger partial charge in [0.1, 0.15) is 23.7 Å². The lowest BCUT2D eigenvalue weighted by molar-refractivity contribution is -0.140. The van der Waals surface area contributed by atoms with Crippen LogP contribution < -0.4 is 9.64 Å². The number of aliphatic imine (C=N–C) groups is 1. The van der Waals surface area contributed by atoms with Gasteiger partial charge in [0.2, 0.25) is 5.91 Å². The lowest BCUT2D eigenvalue weighted by atomic mass is 10.1. The molecule has 7 heteroatoms. The monoisotopic (exact) mass is 420 g/mol. The van der Waals surface area contributed by atoms with E-state index in [2.05, 4.69) is 9.89 Å². The number of hydrogen-bond acceptors (Lipinski definition) is 5. The van der Waals surface area contributed by atoms with E-state index in [4.69, 9.17) is 4.74 Å². The highest BCUT2D eigenvalue weighted by atomic mass is 16.5. The molecule has 7 nitrogen and oxygen atoms in total. The minimum absolute atomic E-state index is 0.0359. The molecule has 1 saturated heterocycles. The normalized spacial score (nSPS) is 18.2. The molecular formula is C24H28N4O3. The number of carbonyl (C=O) groups excluding carboxylic acids is 2. The molecule has 2 aliphatic heterocycles. The fourth-order valence-electron chi connectivity index (χ4n) is 4.05. The maximum atomic E-state index is 13.0. The van der Waals surface area contributed by atoms with Gasteiger partial charge in [-0.05, 0) is 38.1 Å². The van der Waals surface area contributed by atoms with Crippen molar-refractivity contribution < 1.29 is 14.3 Å². The average molecular weight is 421 g/mol. The lowest BCUT2D eigenvalue weighted by Gasteiger charge is -2.38. The van der Waals surface area contributed by atoms with Gasteiger partial charge in [-0.1, -0.05) is 30.3 Å². The Morgan fingerprint density at radius 2 is 1.65 bits per heavy atom. The van der Waals surface area contributed by atoms with Gasteiger partial charge in [0.25, 0.3) is 5.91 Å². The van der Waals surface area contributed by atoms with Crippen LogP contribution in [-0.4, -0.2) is 72.8 Å². The molecule has 2 aromatic carbocycles. The molecular weight excluding hydrogens is 392 g/mol. The second-order valence-corrected chi connectivity index (χ2v) is 8.28. The number of amides is 2. The Morgan fingerprint density at radius 3 is 2.26 bits per heavy atom. The number of benzene rings is 2. The zero-order valence-corrected chi connectivity index (χ0v) is 18.2. The summed E-state index contributed by atoms with van der Waals surface area (Å²) in [6.45, 7) is 6.53. The molecule has 0 aliphatic carbocycles. The van der Waals surface area contributed by atoms with Gasteiger partial charge in [0.15, 0.2) is 0 Å². The van der Waals surface area contributed by atoms with Crippen molar-refractivity contribution in [1.29, 1.82) is 0 Å². The highest BCUT2D eigenvalue weighted by molar-refractivity contribution is 6.46. The smallest absolute Gasteiger partial charge is 0.275 e. The Balaban J connectivity index is 1.37. The zero-order valence-electron chi connectivity index (χ0n) is 18.2. The van der Waals surface area contributed by atoms with Crippen LogP contribution >= 0.6 is 0 Å². The summed E-state index contributed by atoms with van der Waals surface area (Å²) in [5, 5.41) is 0. The van der Waals surface area contributed by atoms with Crippen LogP contribution in [0, 0.1) is 0 Å². The molecule has 2 aromatic rings. The van der Waals surface area contributed by atoms with Crippen molar-refractivity contribution in [3.8, 4) is 5.75 Å². The molecule has 0 radical (unpaired) electrons. The summed E-state index contributed by atoms with van der Waals surface area (Å²) in [5.41, 5.74) is 1.57. The molecule has 0 spiro atoms. The van der Waals surface area contributed by atoms with Crippen LogP contribution in [0.15, 0.2) is 59.6 Å². The van der Waals surface area contributed by atoms with Crippen LogP contribution in [0.1, 0.15) is 19.4 Å². The molecule has 0 atom stereocenters. The molecule has 2 aliphatic rings. The van der Waals surface area contributed by atoms with Crippen LogP contribution in [-0.2, 0) is 9.59 Å². The van der Waals surface area contributed by atoms with Gasteiger partial charge < -0.3 is 19.4 Å². The van der Waals surface area contributed by atoms with E-state index >= 15 is 0 Å². The van der Waals surface area contributed by atoms with Gasteiger partial charge in [0.05, 0.1) is 7.11 Å². The molecule has 0 bridgehead atoms. The Labute approximate surface area is 182 Å². The third kappa shape index (κ3) is 4.26. The second kappa shape index (κ2) is 8.41. The van der Waals surface area contributed by atoms with Gasteiger partial charge in [0, 0.05) is 37.4 Å². The van der Waals surface area contributed by atoms with E-state index in [0.29, 0.717) is 18.8 Å². The Morgan fingerprint density at radius 1 is 1.00 bits per heavy atom. The lowest BCUT2D eigenvalue weighted by Crippen LogP contribution is -2.54. The number of carbonyl (C=O) groups is 2. The number of anilines is 1. The molecule has 162 valence electrons. The van der Waals surface area contributed by atoms with Crippen LogP contribution in [0.5, 0.6) is 5.75 Å². The molecule has 0 N–H and O–H groups in total. The number of ether oxygens (including phenoxy) is 1. The van der Waals surface area contributed by atoms with Crippen molar-refractivity contribution in [2.75, 3.05) is 44.7 Å². The second-order valence-electron chi connectivity index (χ2n) is 8.28. The van der Waals surface area contributed by atoms with Crippen molar-refractivity contribution in [3.05, 3.63) is 60.2 Å². The van der Waals surface area contributed by atoms with Gasteiger partial charge in [-0.3, -0.25) is 14.6 Å². The van der Waals surface area contributed by atoms with Gasteiger partial charge in [-0.15, -0.1) is 0 Å². The maximum absolute atomic E-state index is 13.0. The average Bonchev–Trinajstić information content (AvgIpc) is 3.03. The van der Waals surface area contributed by atoms with E-state index in [9.17, 15) is 9.59 Å². The quantitative estimate of drug-likeness (QED) is 0.745. The maximum Gasteiger partial charge on any atom is 0.275 e. The highest BCUT2D eigenvalue weighted by Crippen LogP contribution is 2.27. The van der Waals surface area contributed by atoms with Crippen LogP contribution in [0.4, 0.5) is 5.69 Å². The summed E-state index contributed by atoms with van der Waals surface area (Å²) in [5.74, 6) is 0.592. The van der Waals surface area contributed by atoms with E-state index in [1.807, 2.05) is 73.3 Å². The van der Waals surface area contributed by atoms with E-state index in [-0.39, 0.29) is 18.4 Å². The summed E-state index contributed by atoms with van der Waals surface area (Å²) < 4.78 is 5.22. The molecule has 2 heterocycles. The van der Waals surface area contributed by atoms with E-state index in [1.165, 1.54) is 0 Å². The first-order valence-corrected chi connectivity index (χ1v) is 10.5. The summed E-state index contributed by atoms with van der Waals surface area (Å²) in [6, 6.07) is 17.4. The Kier molecular flexibility index (Phi) is 5.67. The number of nitrogens with zero attached hydrogens (tertiary/aromatic N) is 4. The largest absolute Gasteiger partial charge is 0.497 e. The van der Waals surface area contributed by atoms with Crippen molar-refractivity contribution in [1.82, 2.24) is 9.80 Å². The molecule has 1 fully saturated rings. The van der Waals surface area contributed by atoms with Crippen LogP contribution in [0.2, 0.25) is 0 Å². The van der Waals surface area contributed by atoms with Gasteiger partial charge >= 0.3 is 0 Å². The molecule has 0 aromatic heterocycles. The van der Waals surface area contributed by atoms with Crippen molar-refractivity contribution in [2.24, 2.45) is 4.99 Å². The predicted molar refractivity (Wildman–Crippen MR) is 121 cm³/mol. The molecule has 4 rings (SSSR count). The standard InChI is InChI=1S/C24H28N4O3/c1-24(2)25-22(18-7-5-4-6-8-18)23(30)28(24)17-21(29)27-15-13-26(14-16-27)19-9-11-20(31-3)12-10-19/h4-12H,13-17H2,1-3H3. The third-order valence-electron chi connectivity index (χ3n) is 5.90. The predicted octanol–water partition coefficient (Wildman–Crippen LogP) is 2.41. The fourth-order valence-corrected chi connectivity index (χ4v) is 4.05. The number of hydrogen-bond donors (Lipinski definition) is 0. The highest BCUT2D eigenvalue weighted by Gasteiger charge is 2.42. The van der Waals surface area contributed by atoms with Crippen LogP contribution in [0.3, 0.4) is 0 Å². The van der Waals surface area contributed by atoms with Crippen LogP contribution in [0.25, 0.3) is 0 Å². The molecule has 2 amide bonds. The number of methoxy groups -OCH3 is 1. The van der Waals surface area contributed by atoms with Crippen molar-refractivity contribution in [2.45, 2.75) is 19.5 Å². The molecule has 0 unspecified atom stereocenters. The SMILES string of the molecule is COc1ccc(N2CCN(C(=O)CN3C(=O)C(c4ccccc4)=NC3(C)C)CC2)cc1. The first-order valence-electron chi connectivity index (χ1n) is 10.5. The summed E-state index contributed by atoms with van der Waals surface area (Å²) in [6.07, 6.45) is 0. The summed E-state index contributed by atoms with van der Waals surface area (Å²) in [7, 11) is 1.65.